The van der Waals surface area contributed by atoms with Gasteiger partial charge in [0.05, 0.1) is 6.07 Å². The summed E-state index contributed by atoms with van der Waals surface area (Å²) in [4.78, 5) is 2.25. The maximum Gasteiger partial charge on any atom is 0.105 e. The number of nitrogens with zero attached hydrogens (tertiary/aromatic N) is 2. The Balaban J connectivity index is 1.96. The van der Waals surface area contributed by atoms with Gasteiger partial charge < -0.3 is 4.90 Å². The molecule has 1 atom stereocenters. The van der Waals surface area contributed by atoms with E-state index in [4.69, 9.17) is 0 Å². The quantitative estimate of drug-likeness (QED) is 0.864. The highest BCUT2D eigenvalue weighted by Crippen LogP contribution is 2.25. The van der Waals surface area contributed by atoms with Crippen molar-refractivity contribution < 1.29 is 0 Å². The van der Waals surface area contributed by atoms with E-state index < -0.39 is 5.54 Å². The van der Waals surface area contributed by atoms with Gasteiger partial charge in [-0.3, -0.25) is 5.32 Å². The molecule has 1 unspecified atom stereocenters. The largest absolute Gasteiger partial charge is 0.374 e. The van der Waals surface area contributed by atoms with Gasteiger partial charge in [-0.25, -0.2) is 0 Å². The molecule has 2 rings (SSSR count). The molecule has 1 aliphatic carbocycles. The molecule has 20 heavy (non-hydrogen) atoms. The van der Waals surface area contributed by atoms with E-state index in [1.165, 1.54) is 29.7 Å². The molecule has 0 spiro atoms. The van der Waals surface area contributed by atoms with Crippen LogP contribution in [0.2, 0.25) is 0 Å². The van der Waals surface area contributed by atoms with Gasteiger partial charge in [-0.05, 0) is 51.7 Å². The first-order valence-corrected chi connectivity index (χ1v) is 7.41. The highest BCUT2D eigenvalue weighted by molar-refractivity contribution is 5.53. The van der Waals surface area contributed by atoms with E-state index in [0.29, 0.717) is 6.04 Å². The third-order valence-corrected chi connectivity index (χ3v) is 4.06. The van der Waals surface area contributed by atoms with Crippen LogP contribution in [0.25, 0.3) is 0 Å². The minimum absolute atomic E-state index is 0.409. The predicted octanol–water partition coefficient (Wildman–Crippen LogP) is 3.16. The average Bonchev–Trinajstić information content (AvgIpc) is 3.20. The fourth-order valence-corrected chi connectivity index (χ4v) is 2.58. The molecule has 0 radical (unpaired) electrons. The van der Waals surface area contributed by atoms with Crippen LogP contribution in [0.15, 0.2) is 18.2 Å². The SMILES string of the molecule is Cc1ccc(N(C)CCC(C)(C#N)NC2CC2)c(C)c1. The molecule has 1 aliphatic rings. The van der Waals surface area contributed by atoms with Crippen LogP contribution in [-0.4, -0.2) is 25.2 Å². The lowest BCUT2D eigenvalue weighted by atomic mass is 9.99. The molecule has 3 heteroatoms. The molecule has 1 fully saturated rings. The predicted molar refractivity (Wildman–Crippen MR) is 84.0 cm³/mol. The summed E-state index contributed by atoms with van der Waals surface area (Å²) in [6.07, 6.45) is 3.26. The molecule has 0 heterocycles. The van der Waals surface area contributed by atoms with Crippen LogP contribution in [0.1, 0.15) is 37.3 Å². The van der Waals surface area contributed by atoms with Crippen LogP contribution >= 0.6 is 0 Å². The number of nitrogens with one attached hydrogen (secondary N) is 1. The summed E-state index contributed by atoms with van der Waals surface area (Å²) in [5.74, 6) is 0. The molecule has 0 aliphatic heterocycles. The van der Waals surface area contributed by atoms with Crippen LogP contribution in [0, 0.1) is 25.2 Å². The van der Waals surface area contributed by atoms with Crippen molar-refractivity contribution >= 4 is 5.69 Å². The summed E-state index contributed by atoms with van der Waals surface area (Å²) in [5, 5.41) is 12.9. The van der Waals surface area contributed by atoms with Crippen LogP contribution in [0.5, 0.6) is 0 Å². The lowest BCUT2D eigenvalue weighted by molar-refractivity contribution is 0.417. The van der Waals surface area contributed by atoms with Gasteiger partial charge in [0.2, 0.25) is 0 Å². The van der Waals surface area contributed by atoms with Crippen molar-refractivity contribution in [1.82, 2.24) is 5.32 Å². The molecule has 0 saturated heterocycles. The molecule has 108 valence electrons. The minimum Gasteiger partial charge on any atom is -0.374 e. The normalized spacial score (nSPS) is 17.4. The van der Waals surface area contributed by atoms with Crippen molar-refractivity contribution in [2.45, 2.75) is 51.6 Å². The van der Waals surface area contributed by atoms with E-state index >= 15 is 0 Å². The van der Waals surface area contributed by atoms with Crippen molar-refractivity contribution in [3.8, 4) is 6.07 Å². The number of hydrogen-bond donors (Lipinski definition) is 1. The van der Waals surface area contributed by atoms with Gasteiger partial charge in [0.1, 0.15) is 5.54 Å². The Morgan fingerprint density at radius 3 is 2.65 bits per heavy atom. The van der Waals surface area contributed by atoms with Gasteiger partial charge in [0, 0.05) is 25.3 Å². The maximum absolute atomic E-state index is 9.41. The molecule has 1 saturated carbocycles. The summed E-state index contributed by atoms with van der Waals surface area (Å²) in [5.41, 5.74) is 3.43. The maximum atomic E-state index is 9.41. The number of benzene rings is 1. The van der Waals surface area contributed by atoms with Crippen LogP contribution < -0.4 is 10.2 Å². The zero-order chi connectivity index (χ0) is 14.8. The van der Waals surface area contributed by atoms with Gasteiger partial charge in [0.15, 0.2) is 0 Å². The van der Waals surface area contributed by atoms with Crippen molar-refractivity contribution in [3.63, 3.8) is 0 Å². The fraction of sp³-hybridized carbons (Fsp3) is 0.588. The van der Waals surface area contributed by atoms with Gasteiger partial charge in [-0.2, -0.15) is 5.26 Å². The molecule has 1 aromatic carbocycles. The van der Waals surface area contributed by atoms with Crippen molar-refractivity contribution in [3.05, 3.63) is 29.3 Å². The number of nitriles is 1. The number of rotatable bonds is 6. The summed E-state index contributed by atoms with van der Waals surface area (Å²) >= 11 is 0. The first-order valence-electron chi connectivity index (χ1n) is 7.41. The van der Waals surface area contributed by atoms with E-state index in [1.807, 2.05) is 6.92 Å². The van der Waals surface area contributed by atoms with Crippen LogP contribution in [0.3, 0.4) is 0 Å². The van der Waals surface area contributed by atoms with E-state index in [0.717, 1.165) is 13.0 Å². The van der Waals surface area contributed by atoms with Crippen molar-refractivity contribution in [1.29, 1.82) is 5.26 Å². The van der Waals surface area contributed by atoms with Crippen LogP contribution in [0.4, 0.5) is 5.69 Å². The first-order chi connectivity index (χ1) is 9.43. The lowest BCUT2D eigenvalue weighted by Gasteiger charge is -2.28. The second-order valence-electron chi connectivity index (χ2n) is 6.32. The molecule has 0 amide bonds. The summed E-state index contributed by atoms with van der Waals surface area (Å²) in [6, 6.07) is 9.52. The van der Waals surface area contributed by atoms with Gasteiger partial charge in [0.25, 0.3) is 0 Å². The monoisotopic (exact) mass is 271 g/mol. The summed E-state index contributed by atoms with van der Waals surface area (Å²) in [6.45, 7) is 7.16. The van der Waals surface area contributed by atoms with Crippen LogP contribution in [-0.2, 0) is 0 Å². The van der Waals surface area contributed by atoms with E-state index in [1.54, 1.807) is 0 Å². The molecular formula is C17H25N3. The third-order valence-electron chi connectivity index (χ3n) is 4.06. The summed E-state index contributed by atoms with van der Waals surface area (Å²) in [7, 11) is 2.10. The van der Waals surface area contributed by atoms with E-state index in [9.17, 15) is 5.26 Å². The Bertz CT molecular complexity index is 513. The van der Waals surface area contributed by atoms with Gasteiger partial charge in [-0.1, -0.05) is 17.7 Å². The number of hydrogen-bond acceptors (Lipinski definition) is 3. The molecule has 1 aromatic rings. The lowest BCUT2D eigenvalue weighted by Crippen LogP contribution is -2.44. The third kappa shape index (κ3) is 3.74. The highest BCUT2D eigenvalue weighted by atomic mass is 15.1. The van der Waals surface area contributed by atoms with Crippen molar-refractivity contribution in [2.75, 3.05) is 18.5 Å². The smallest absolute Gasteiger partial charge is 0.105 e. The first kappa shape index (κ1) is 14.9. The molecular weight excluding hydrogens is 246 g/mol. The second-order valence-corrected chi connectivity index (χ2v) is 6.32. The summed E-state index contributed by atoms with van der Waals surface area (Å²) < 4.78 is 0. The Kier molecular flexibility index (Phi) is 4.35. The fourth-order valence-electron chi connectivity index (χ4n) is 2.58. The number of anilines is 1. The van der Waals surface area contributed by atoms with E-state index in [-0.39, 0.29) is 0 Å². The molecule has 3 nitrogen and oxygen atoms in total. The number of aryl methyl sites for hydroxylation is 2. The van der Waals surface area contributed by atoms with Gasteiger partial charge in [-0.15, -0.1) is 0 Å². The zero-order valence-corrected chi connectivity index (χ0v) is 13.0. The Morgan fingerprint density at radius 1 is 1.40 bits per heavy atom. The minimum atomic E-state index is -0.409. The zero-order valence-electron chi connectivity index (χ0n) is 13.0. The molecule has 0 aromatic heterocycles. The van der Waals surface area contributed by atoms with E-state index in [2.05, 4.69) is 55.4 Å². The Morgan fingerprint density at radius 2 is 2.10 bits per heavy atom. The molecule has 1 N–H and O–H groups in total. The highest BCUT2D eigenvalue weighted by Gasteiger charge is 2.32. The Hall–Kier alpha value is -1.53. The Labute approximate surface area is 122 Å². The topological polar surface area (TPSA) is 39.1 Å². The second kappa shape index (κ2) is 5.85. The molecule has 0 bridgehead atoms. The average molecular weight is 271 g/mol. The van der Waals surface area contributed by atoms with Crippen molar-refractivity contribution in [2.24, 2.45) is 0 Å². The van der Waals surface area contributed by atoms with Gasteiger partial charge >= 0.3 is 0 Å². The standard InChI is InChI=1S/C17H25N3/c1-13-5-8-16(14(2)11-13)20(4)10-9-17(3,12-18)19-15-6-7-15/h5,8,11,15,19H,6-7,9-10H2,1-4H3.